The highest BCUT2D eigenvalue weighted by Gasteiger charge is 2.21. The van der Waals surface area contributed by atoms with Gasteiger partial charge in [-0.1, -0.05) is 36.7 Å². The van der Waals surface area contributed by atoms with Gasteiger partial charge in [0.15, 0.2) is 6.10 Å². The van der Waals surface area contributed by atoms with Crippen LogP contribution in [-0.4, -0.2) is 23.8 Å². The third kappa shape index (κ3) is 5.27. The quantitative estimate of drug-likeness (QED) is 0.769. The number of aliphatic carboxylic acids is 1. The molecule has 0 aromatic heterocycles. The van der Waals surface area contributed by atoms with Crippen LogP contribution in [0.15, 0.2) is 48.5 Å². The molecule has 0 aliphatic carbocycles. The Morgan fingerprint density at radius 2 is 1.96 bits per heavy atom. The Labute approximate surface area is 140 Å². The van der Waals surface area contributed by atoms with E-state index in [9.17, 15) is 9.90 Å². The summed E-state index contributed by atoms with van der Waals surface area (Å²) < 4.78 is 11.2. The molecule has 0 amide bonds. The summed E-state index contributed by atoms with van der Waals surface area (Å²) in [6.07, 6.45) is 0.0247. The maximum absolute atomic E-state index is 11.4. The zero-order valence-corrected chi connectivity index (χ0v) is 13.6. The molecule has 0 radical (unpaired) electrons. The van der Waals surface area contributed by atoms with E-state index in [1.807, 2.05) is 37.3 Å². The van der Waals surface area contributed by atoms with E-state index in [0.717, 1.165) is 6.42 Å². The third-order valence-corrected chi connectivity index (χ3v) is 3.43. The first-order valence-electron chi connectivity index (χ1n) is 7.46. The second-order valence-corrected chi connectivity index (χ2v) is 5.51. The molecule has 1 atom stereocenters. The molecule has 0 bridgehead atoms. The summed E-state index contributed by atoms with van der Waals surface area (Å²) in [6.45, 7) is 2.33. The van der Waals surface area contributed by atoms with Crippen LogP contribution in [-0.2, 0) is 16.0 Å². The molecule has 23 heavy (non-hydrogen) atoms. The monoisotopic (exact) mass is 334 g/mol. The van der Waals surface area contributed by atoms with Crippen LogP contribution >= 0.6 is 11.6 Å². The second-order valence-electron chi connectivity index (χ2n) is 5.07. The number of para-hydroxylation sites is 1. The van der Waals surface area contributed by atoms with E-state index in [4.69, 9.17) is 21.1 Å². The summed E-state index contributed by atoms with van der Waals surface area (Å²) in [5, 5.41) is 9.84. The summed E-state index contributed by atoms with van der Waals surface area (Å²) >= 11 is 6.04. The van der Waals surface area contributed by atoms with E-state index in [0.29, 0.717) is 28.7 Å². The summed E-state index contributed by atoms with van der Waals surface area (Å²) in [5.74, 6) is 0.258. The molecule has 0 spiro atoms. The van der Waals surface area contributed by atoms with Gasteiger partial charge in [0.05, 0.1) is 0 Å². The Kier molecular flexibility index (Phi) is 6.44. The van der Waals surface area contributed by atoms with Crippen molar-refractivity contribution < 1.29 is 19.4 Å². The van der Waals surface area contributed by atoms with Crippen LogP contribution in [0.3, 0.4) is 0 Å². The Hall–Kier alpha value is -2.04. The van der Waals surface area contributed by atoms with E-state index in [2.05, 4.69) is 0 Å². The van der Waals surface area contributed by atoms with E-state index >= 15 is 0 Å². The second kappa shape index (κ2) is 8.56. The van der Waals surface area contributed by atoms with Gasteiger partial charge in [-0.05, 0) is 42.3 Å². The molecule has 0 aliphatic rings. The van der Waals surface area contributed by atoms with Gasteiger partial charge in [-0.15, -0.1) is 0 Å². The zero-order chi connectivity index (χ0) is 16.7. The van der Waals surface area contributed by atoms with E-state index in [1.54, 1.807) is 18.2 Å². The van der Waals surface area contributed by atoms with Gasteiger partial charge < -0.3 is 14.6 Å². The number of rotatable bonds is 8. The molecular weight excluding hydrogens is 316 g/mol. The van der Waals surface area contributed by atoms with Crippen LogP contribution in [0.2, 0.25) is 5.02 Å². The lowest BCUT2D eigenvalue weighted by Gasteiger charge is -2.16. The molecule has 1 N–H and O–H groups in total. The first-order valence-corrected chi connectivity index (χ1v) is 7.83. The summed E-state index contributed by atoms with van der Waals surface area (Å²) in [4.78, 5) is 11.4. The number of hydrogen-bond donors (Lipinski definition) is 1. The fourth-order valence-electron chi connectivity index (χ4n) is 2.10. The van der Waals surface area contributed by atoms with Crippen molar-refractivity contribution >= 4 is 17.6 Å². The largest absolute Gasteiger partial charge is 0.479 e. The summed E-state index contributed by atoms with van der Waals surface area (Å²) in [5.41, 5.74) is 0.699. The number of carboxylic acids is 1. The highest BCUT2D eigenvalue weighted by Crippen LogP contribution is 2.29. The van der Waals surface area contributed by atoms with Crippen LogP contribution in [0.1, 0.15) is 18.9 Å². The average molecular weight is 335 g/mol. The minimum atomic E-state index is -0.996. The highest BCUT2D eigenvalue weighted by molar-refractivity contribution is 6.30. The predicted octanol–water partition coefficient (Wildman–Crippen LogP) is 4.55. The van der Waals surface area contributed by atoms with Crippen molar-refractivity contribution in [2.45, 2.75) is 25.9 Å². The molecule has 0 unspecified atom stereocenters. The van der Waals surface area contributed by atoms with Crippen LogP contribution in [0.5, 0.6) is 11.5 Å². The SMILES string of the molecule is CCCO[C@@H](Cc1cc(Cl)ccc1Oc1ccccc1)C(=O)O. The van der Waals surface area contributed by atoms with Crippen molar-refractivity contribution in [1.29, 1.82) is 0 Å². The van der Waals surface area contributed by atoms with Gasteiger partial charge in [0, 0.05) is 18.1 Å². The number of benzene rings is 2. The topological polar surface area (TPSA) is 55.8 Å². The molecule has 5 heteroatoms. The van der Waals surface area contributed by atoms with Crippen molar-refractivity contribution in [1.82, 2.24) is 0 Å². The summed E-state index contributed by atoms with van der Waals surface area (Å²) in [7, 11) is 0. The molecule has 0 saturated heterocycles. The molecule has 2 aromatic rings. The number of halogens is 1. The van der Waals surface area contributed by atoms with Gasteiger partial charge in [0.1, 0.15) is 11.5 Å². The zero-order valence-electron chi connectivity index (χ0n) is 12.9. The van der Waals surface area contributed by atoms with Crippen molar-refractivity contribution in [2.75, 3.05) is 6.61 Å². The minimum Gasteiger partial charge on any atom is -0.479 e. The maximum atomic E-state index is 11.4. The van der Waals surface area contributed by atoms with Crippen LogP contribution in [0.25, 0.3) is 0 Å². The van der Waals surface area contributed by atoms with Gasteiger partial charge >= 0.3 is 5.97 Å². The molecule has 4 nitrogen and oxygen atoms in total. The van der Waals surface area contributed by atoms with Crippen molar-refractivity contribution in [3.8, 4) is 11.5 Å². The molecule has 122 valence electrons. The van der Waals surface area contributed by atoms with Gasteiger partial charge in [-0.3, -0.25) is 0 Å². The Balaban J connectivity index is 2.22. The van der Waals surface area contributed by atoms with E-state index < -0.39 is 12.1 Å². The first-order chi connectivity index (χ1) is 11.1. The smallest absolute Gasteiger partial charge is 0.333 e. The van der Waals surface area contributed by atoms with Gasteiger partial charge in [-0.2, -0.15) is 0 Å². The van der Waals surface area contributed by atoms with Gasteiger partial charge in [0.25, 0.3) is 0 Å². The lowest BCUT2D eigenvalue weighted by Crippen LogP contribution is -2.27. The number of carboxylic acid groups (broad SMARTS) is 1. The number of hydrogen-bond acceptors (Lipinski definition) is 3. The first kappa shape index (κ1) is 17.3. The molecular formula is C18H19ClO4. The normalized spacial score (nSPS) is 11.9. The molecule has 2 aromatic carbocycles. The minimum absolute atomic E-state index is 0.193. The van der Waals surface area contributed by atoms with E-state index in [-0.39, 0.29) is 6.42 Å². The molecule has 0 heterocycles. The van der Waals surface area contributed by atoms with Crippen molar-refractivity contribution in [3.05, 3.63) is 59.1 Å². The lowest BCUT2D eigenvalue weighted by molar-refractivity contribution is -0.150. The molecule has 0 aliphatic heterocycles. The Morgan fingerprint density at radius 3 is 2.61 bits per heavy atom. The van der Waals surface area contributed by atoms with Crippen LogP contribution < -0.4 is 4.74 Å². The van der Waals surface area contributed by atoms with Gasteiger partial charge in [-0.25, -0.2) is 4.79 Å². The number of carbonyl (C=O) groups is 1. The molecule has 0 saturated carbocycles. The Bertz CT molecular complexity index is 643. The number of ether oxygens (including phenoxy) is 2. The predicted molar refractivity (Wildman–Crippen MR) is 89.3 cm³/mol. The fraction of sp³-hybridized carbons (Fsp3) is 0.278. The maximum Gasteiger partial charge on any atom is 0.333 e. The summed E-state index contributed by atoms with van der Waals surface area (Å²) in [6, 6.07) is 14.5. The van der Waals surface area contributed by atoms with Crippen molar-refractivity contribution in [3.63, 3.8) is 0 Å². The molecule has 0 fully saturated rings. The van der Waals surface area contributed by atoms with Gasteiger partial charge in [0.2, 0.25) is 0 Å². The van der Waals surface area contributed by atoms with Crippen LogP contribution in [0, 0.1) is 0 Å². The van der Waals surface area contributed by atoms with Crippen LogP contribution in [0.4, 0.5) is 0 Å². The lowest BCUT2D eigenvalue weighted by atomic mass is 10.1. The molecule has 2 rings (SSSR count). The standard InChI is InChI=1S/C18H19ClO4/c1-2-10-22-17(18(20)21)12-13-11-14(19)8-9-16(13)23-15-6-4-3-5-7-15/h3-9,11,17H,2,10,12H2,1H3,(H,20,21)/t17-/m0/s1. The van der Waals surface area contributed by atoms with E-state index in [1.165, 1.54) is 0 Å². The average Bonchev–Trinajstić information content (AvgIpc) is 2.54. The van der Waals surface area contributed by atoms with Crippen molar-refractivity contribution in [2.24, 2.45) is 0 Å². The highest BCUT2D eigenvalue weighted by atomic mass is 35.5. The third-order valence-electron chi connectivity index (χ3n) is 3.20. The Morgan fingerprint density at radius 1 is 1.22 bits per heavy atom. The fourth-order valence-corrected chi connectivity index (χ4v) is 2.29.